The number of fused-ring (bicyclic) bond motifs is 3. The van der Waals surface area contributed by atoms with E-state index in [9.17, 15) is 0 Å². The van der Waals surface area contributed by atoms with Crippen molar-refractivity contribution in [3.8, 4) is 11.8 Å². The van der Waals surface area contributed by atoms with Crippen molar-refractivity contribution >= 4 is 21.8 Å². The number of pyridine rings is 2. The molecule has 3 rings (SSSR count). The maximum Gasteiger partial charge on any atom is 0.213 e. The lowest BCUT2D eigenvalue weighted by Crippen LogP contribution is -2.00. The monoisotopic (exact) mass is 352 g/mol. The lowest BCUT2D eigenvalue weighted by molar-refractivity contribution is 0.295. The second-order valence-corrected chi connectivity index (χ2v) is 6.61. The van der Waals surface area contributed by atoms with Crippen molar-refractivity contribution in [2.45, 2.75) is 52.4 Å². The van der Waals surface area contributed by atoms with E-state index < -0.39 is 0 Å². The standard InChI is InChI=1S/C22H28N2O2/c1-3-5-7-15-25-21-13-9-17-18-10-14-22(26-16-8-6-4-2)24-20(18)12-11-19(17)23-21/h9-14H,3-8,15-16H2,1-2H3. The third kappa shape index (κ3) is 4.63. The topological polar surface area (TPSA) is 44.2 Å². The fraction of sp³-hybridized carbons (Fsp3) is 0.455. The number of aromatic nitrogens is 2. The molecule has 2 heterocycles. The molecule has 0 aliphatic heterocycles. The van der Waals surface area contributed by atoms with E-state index in [1.807, 2.05) is 24.3 Å². The van der Waals surface area contributed by atoms with Gasteiger partial charge in [-0.2, -0.15) is 0 Å². The van der Waals surface area contributed by atoms with Gasteiger partial charge in [-0.1, -0.05) is 39.5 Å². The van der Waals surface area contributed by atoms with Crippen LogP contribution in [-0.2, 0) is 0 Å². The Balaban J connectivity index is 1.75. The summed E-state index contributed by atoms with van der Waals surface area (Å²) in [6.07, 6.45) is 6.90. The van der Waals surface area contributed by atoms with Gasteiger partial charge in [-0.15, -0.1) is 0 Å². The summed E-state index contributed by atoms with van der Waals surface area (Å²) in [5.74, 6) is 1.38. The summed E-state index contributed by atoms with van der Waals surface area (Å²) in [4.78, 5) is 9.27. The lowest BCUT2D eigenvalue weighted by Gasteiger charge is -2.09. The van der Waals surface area contributed by atoms with Crippen LogP contribution >= 0.6 is 0 Å². The summed E-state index contributed by atoms with van der Waals surface area (Å²) in [5, 5.41) is 2.18. The highest BCUT2D eigenvalue weighted by Crippen LogP contribution is 2.27. The van der Waals surface area contributed by atoms with Crippen LogP contribution in [0.2, 0.25) is 0 Å². The first-order valence-corrected chi connectivity index (χ1v) is 9.78. The summed E-state index contributed by atoms with van der Waals surface area (Å²) in [6, 6.07) is 12.0. The predicted molar refractivity (Wildman–Crippen MR) is 107 cm³/mol. The molecule has 26 heavy (non-hydrogen) atoms. The average molecular weight is 352 g/mol. The molecule has 1 aromatic carbocycles. The number of hydrogen-bond donors (Lipinski definition) is 0. The molecule has 0 saturated carbocycles. The first kappa shape index (κ1) is 18.4. The van der Waals surface area contributed by atoms with Crippen molar-refractivity contribution in [3.63, 3.8) is 0 Å². The zero-order valence-corrected chi connectivity index (χ0v) is 15.8. The van der Waals surface area contributed by atoms with Crippen LogP contribution < -0.4 is 9.47 Å². The Hall–Kier alpha value is -2.36. The quantitative estimate of drug-likeness (QED) is 0.335. The lowest BCUT2D eigenvalue weighted by atomic mass is 10.1. The molecule has 4 heteroatoms. The van der Waals surface area contributed by atoms with E-state index in [1.165, 1.54) is 25.7 Å². The van der Waals surface area contributed by atoms with Gasteiger partial charge in [-0.3, -0.25) is 0 Å². The molecule has 0 N–H and O–H groups in total. The normalized spacial score (nSPS) is 11.2. The first-order valence-electron chi connectivity index (χ1n) is 9.78. The molecular formula is C22H28N2O2. The Morgan fingerprint density at radius 1 is 0.615 bits per heavy atom. The highest BCUT2D eigenvalue weighted by molar-refractivity contribution is 6.04. The number of ether oxygens (including phenoxy) is 2. The Morgan fingerprint density at radius 2 is 1.08 bits per heavy atom. The zero-order chi connectivity index (χ0) is 18.2. The Bertz CT molecular complexity index is 777. The average Bonchev–Trinajstić information content (AvgIpc) is 2.68. The molecule has 0 unspecified atom stereocenters. The third-order valence-electron chi connectivity index (χ3n) is 4.48. The number of rotatable bonds is 10. The largest absolute Gasteiger partial charge is 0.478 e. The summed E-state index contributed by atoms with van der Waals surface area (Å²) in [5.41, 5.74) is 1.87. The molecule has 3 aromatic rings. The molecule has 0 radical (unpaired) electrons. The number of hydrogen-bond acceptors (Lipinski definition) is 4. The maximum atomic E-state index is 5.76. The van der Waals surface area contributed by atoms with Crippen molar-refractivity contribution in [1.29, 1.82) is 0 Å². The second-order valence-electron chi connectivity index (χ2n) is 6.61. The van der Waals surface area contributed by atoms with Gasteiger partial charge in [0.1, 0.15) is 0 Å². The van der Waals surface area contributed by atoms with Gasteiger partial charge in [0.25, 0.3) is 0 Å². The van der Waals surface area contributed by atoms with Crippen molar-refractivity contribution in [2.75, 3.05) is 13.2 Å². The minimum Gasteiger partial charge on any atom is -0.478 e. The van der Waals surface area contributed by atoms with Gasteiger partial charge in [0.2, 0.25) is 11.8 Å². The van der Waals surface area contributed by atoms with Crippen LogP contribution in [-0.4, -0.2) is 23.2 Å². The smallest absolute Gasteiger partial charge is 0.213 e. The van der Waals surface area contributed by atoms with E-state index in [4.69, 9.17) is 9.47 Å². The summed E-state index contributed by atoms with van der Waals surface area (Å²) in [6.45, 7) is 5.82. The van der Waals surface area contributed by atoms with Gasteiger partial charge in [-0.05, 0) is 37.1 Å². The molecule has 0 aliphatic rings. The van der Waals surface area contributed by atoms with E-state index >= 15 is 0 Å². The SMILES string of the molecule is CCCCCOc1ccc2c(ccc3nc(OCCCCC)ccc32)n1. The molecule has 0 fully saturated rings. The number of nitrogens with zero attached hydrogens (tertiary/aromatic N) is 2. The predicted octanol–water partition coefficient (Wildman–Crippen LogP) is 5.92. The van der Waals surface area contributed by atoms with Crippen LogP contribution in [0.15, 0.2) is 36.4 Å². The Kier molecular flexibility index (Phi) is 6.64. The molecule has 0 bridgehead atoms. The Morgan fingerprint density at radius 3 is 1.50 bits per heavy atom. The minimum absolute atomic E-state index is 0.691. The molecule has 0 aliphatic carbocycles. The molecule has 0 amide bonds. The van der Waals surface area contributed by atoms with Gasteiger partial charge in [0.05, 0.1) is 24.2 Å². The van der Waals surface area contributed by atoms with Crippen LogP contribution in [0.4, 0.5) is 0 Å². The summed E-state index contributed by atoms with van der Waals surface area (Å²) in [7, 11) is 0. The highest BCUT2D eigenvalue weighted by Gasteiger charge is 2.06. The summed E-state index contributed by atoms with van der Waals surface area (Å²) < 4.78 is 11.5. The van der Waals surface area contributed by atoms with Crippen LogP contribution in [0.5, 0.6) is 11.8 Å². The van der Waals surface area contributed by atoms with E-state index in [-0.39, 0.29) is 0 Å². The van der Waals surface area contributed by atoms with Crippen molar-refractivity contribution in [3.05, 3.63) is 36.4 Å². The fourth-order valence-electron chi connectivity index (χ4n) is 3.00. The molecule has 4 nitrogen and oxygen atoms in total. The van der Waals surface area contributed by atoms with Gasteiger partial charge in [0, 0.05) is 22.9 Å². The molecule has 0 atom stereocenters. The van der Waals surface area contributed by atoms with Crippen molar-refractivity contribution in [2.24, 2.45) is 0 Å². The third-order valence-corrected chi connectivity index (χ3v) is 4.48. The van der Waals surface area contributed by atoms with Crippen LogP contribution in [0.1, 0.15) is 52.4 Å². The van der Waals surface area contributed by atoms with E-state index in [1.54, 1.807) is 0 Å². The van der Waals surface area contributed by atoms with Gasteiger partial charge >= 0.3 is 0 Å². The van der Waals surface area contributed by atoms with Gasteiger partial charge in [-0.25, -0.2) is 9.97 Å². The molecule has 0 spiro atoms. The number of benzene rings is 1. The Labute approximate surface area is 155 Å². The van der Waals surface area contributed by atoms with Crippen LogP contribution in [0, 0.1) is 0 Å². The van der Waals surface area contributed by atoms with E-state index in [0.717, 1.165) is 47.9 Å². The zero-order valence-electron chi connectivity index (χ0n) is 15.8. The van der Waals surface area contributed by atoms with Gasteiger partial charge < -0.3 is 9.47 Å². The fourth-order valence-corrected chi connectivity index (χ4v) is 3.00. The van der Waals surface area contributed by atoms with Crippen LogP contribution in [0.3, 0.4) is 0 Å². The van der Waals surface area contributed by atoms with Crippen LogP contribution in [0.25, 0.3) is 21.8 Å². The van der Waals surface area contributed by atoms with E-state index in [2.05, 4.69) is 35.9 Å². The molecule has 0 saturated heterocycles. The summed E-state index contributed by atoms with van der Waals surface area (Å²) >= 11 is 0. The molecular weight excluding hydrogens is 324 g/mol. The minimum atomic E-state index is 0.691. The second kappa shape index (κ2) is 9.37. The van der Waals surface area contributed by atoms with Crippen molar-refractivity contribution < 1.29 is 9.47 Å². The maximum absolute atomic E-state index is 5.76. The molecule has 138 valence electrons. The first-order chi connectivity index (χ1) is 12.8. The molecule has 2 aromatic heterocycles. The number of unbranched alkanes of at least 4 members (excludes halogenated alkanes) is 4. The van der Waals surface area contributed by atoms with Gasteiger partial charge in [0.15, 0.2) is 0 Å². The van der Waals surface area contributed by atoms with Crippen molar-refractivity contribution in [1.82, 2.24) is 9.97 Å². The highest BCUT2D eigenvalue weighted by atomic mass is 16.5. The van der Waals surface area contributed by atoms with E-state index in [0.29, 0.717) is 11.8 Å².